The van der Waals surface area contributed by atoms with E-state index in [4.69, 9.17) is 4.42 Å². The first kappa shape index (κ1) is 12.9. The second-order valence-electron chi connectivity index (χ2n) is 7.11. The van der Waals surface area contributed by atoms with Crippen molar-refractivity contribution in [2.24, 2.45) is 11.8 Å². The van der Waals surface area contributed by atoms with E-state index in [0.717, 1.165) is 31.0 Å². The average molecular weight is 274 g/mol. The van der Waals surface area contributed by atoms with Gasteiger partial charge in [-0.2, -0.15) is 0 Å². The Labute approximate surface area is 121 Å². The van der Waals surface area contributed by atoms with Crippen LogP contribution in [0.1, 0.15) is 49.8 Å². The number of rotatable bonds is 9. The molecule has 0 spiro atoms. The second kappa shape index (κ2) is 5.53. The van der Waals surface area contributed by atoms with Gasteiger partial charge in [-0.25, -0.2) is 0 Å². The molecule has 20 heavy (non-hydrogen) atoms. The maximum Gasteiger partial charge on any atom is 0.122 e. The van der Waals surface area contributed by atoms with E-state index in [1.165, 1.54) is 62.9 Å². The van der Waals surface area contributed by atoms with Crippen LogP contribution in [0.3, 0.4) is 0 Å². The smallest absolute Gasteiger partial charge is 0.122 e. The highest BCUT2D eigenvalue weighted by Gasteiger charge is 2.30. The summed E-state index contributed by atoms with van der Waals surface area (Å²) in [4.78, 5) is 2.65. The van der Waals surface area contributed by atoms with E-state index in [1.807, 2.05) is 6.26 Å². The number of furan rings is 1. The van der Waals surface area contributed by atoms with Gasteiger partial charge in [-0.3, -0.25) is 4.90 Å². The van der Waals surface area contributed by atoms with Crippen molar-refractivity contribution in [3.05, 3.63) is 23.7 Å². The molecule has 0 aliphatic heterocycles. The molecule has 0 aromatic carbocycles. The molecule has 0 bridgehead atoms. The SMILES string of the molecule is c1cc(CNC2CC2)c(CN(CC2CC2)CC2CC2)o1. The Morgan fingerprint density at radius 2 is 1.75 bits per heavy atom. The molecule has 110 valence electrons. The van der Waals surface area contributed by atoms with Gasteiger partial charge in [0.25, 0.3) is 0 Å². The van der Waals surface area contributed by atoms with Crippen molar-refractivity contribution < 1.29 is 4.42 Å². The Hall–Kier alpha value is -0.800. The normalized spacial score (nSPS) is 22.6. The molecule has 3 heteroatoms. The van der Waals surface area contributed by atoms with Crippen molar-refractivity contribution in [1.82, 2.24) is 10.2 Å². The van der Waals surface area contributed by atoms with E-state index < -0.39 is 0 Å². The van der Waals surface area contributed by atoms with E-state index in [0.29, 0.717) is 0 Å². The van der Waals surface area contributed by atoms with Gasteiger partial charge in [0.1, 0.15) is 5.76 Å². The third-order valence-electron chi connectivity index (χ3n) is 4.79. The highest BCUT2D eigenvalue weighted by atomic mass is 16.3. The Balaban J connectivity index is 1.35. The van der Waals surface area contributed by atoms with Crippen LogP contribution in [-0.4, -0.2) is 24.0 Å². The number of nitrogens with zero attached hydrogens (tertiary/aromatic N) is 1. The monoisotopic (exact) mass is 274 g/mol. The fourth-order valence-electron chi connectivity index (χ4n) is 2.94. The molecule has 0 atom stereocenters. The second-order valence-corrected chi connectivity index (χ2v) is 7.11. The van der Waals surface area contributed by atoms with E-state index >= 15 is 0 Å². The van der Waals surface area contributed by atoms with E-state index in [-0.39, 0.29) is 0 Å². The summed E-state index contributed by atoms with van der Waals surface area (Å²) in [6.07, 6.45) is 10.3. The predicted molar refractivity (Wildman–Crippen MR) is 79.3 cm³/mol. The van der Waals surface area contributed by atoms with Gasteiger partial charge < -0.3 is 9.73 Å². The summed E-state index contributed by atoms with van der Waals surface area (Å²) in [5.74, 6) is 3.13. The molecule has 1 heterocycles. The molecule has 4 rings (SSSR count). The zero-order valence-electron chi connectivity index (χ0n) is 12.3. The van der Waals surface area contributed by atoms with E-state index in [1.54, 1.807) is 0 Å². The lowest BCUT2D eigenvalue weighted by Gasteiger charge is -2.21. The number of hydrogen-bond donors (Lipinski definition) is 1. The summed E-state index contributed by atoms with van der Waals surface area (Å²) >= 11 is 0. The van der Waals surface area contributed by atoms with E-state index in [9.17, 15) is 0 Å². The van der Waals surface area contributed by atoms with Crippen LogP contribution in [0.15, 0.2) is 16.7 Å². The molecule has 1 aromatic rings. The molecule has 1 N–H and O–H groups in total. The van der Waals surface area contributed by atoms with Gasteiger partial charge in [0.05, 0.1) is 12.8 Å². The van der Waals surface area contributed by atoms with Crippen molar-refractivity contribution in [1.29, 1.82) is 0 Å². The van der Waals surface area contributed by atoms with Crippen LogP contribution in [0.4, 0.5) is 0 Å². The molecule has 3 saturated carbocycles. The molecule has 0 radical (unpaired) electrons. The molecule has 0 saturated heterocycles. The molecule has 1 aromatic heterocycles. The third-order valence-corrected chi connectivity index (χ3v) is 4.79. The Bertz CT molecular complexity index is 430. The van der Waals surface area contributed by atoms with Crippen LogP contribution in [0, 0.1) is 11.8 Å². The molecule has 3 nitrogen and oxygen atoms in total. The number of nitrogens with one attached hydrogen (secondary N) is 1. The van der Waals surface area contributed by atoms with Crippen molar-refractivity contribution >= 4 is 0 Å². The van der Waals surface area contributed by atoms with Gasteiger partial charge in [0.15, 0.2) is 0 Å². The van der Waals surface area contributed by atoms with Crippen LogP contribution < -0.4 is 5.32 Å². The van der Waals surface area contributed by atoms with Gasteiger partial charge in [-0.15, -0.1) is 0 Å². The Kier molecular flexibility index (Phi) is 3.57. The molecule has 3 fully saturated rings. The minimum atomic E-state index is 0.770. The zero-order valence-corrected chi connectivity index (χ0v) is 12.3. The molecular formula is C17H26N2O. The first-order valence-corrected chi connectivity index (χ1v) is 8.38. The molecule has 3 aliphatic rings. The summed E-state index contributed by atoms with van der Waals surface area (Å²) in [6.45, 7) is 4.57. The van der Waals surface area contributed by atoms with Crippen molar-refractivity contribution in [2.45, 2.75) is 57.7 Å². The average Bonchev–Trinajstić information content (AvgIpc) is 3.28. The molecular weight excluding hydrogens is 248 g/mol. The van der Waals surface area contributed by atoms with Gasteiger partial charge >= 0.3 is 0 Å². The summed E-state index contributed by atoms with van der Waals surface area (Å²) < 4.78 is 5.77. The summed E-state index contributed by atoms with van der Waals surface area (Å²) in [6, 6.07) is 2.92. The highest BCUT2D eigenvalue weighted by Crippen LogP contribution is 2.34. The van der Waals surface area contributed by atoms with Crippen molar-refractivity contribution in [3.8, 4) is 0 Å². The lowest BCUT2D eigenvalue weighted by Crippen LogP contribution is -2.28. The quantitative estimate of drug-likeness (QED) is 0.750. The van der Waals surface area contributed by atoms with Crippen molar-refractivity contribution in [2.75, 3.05) is 13.1 Å². The number of hydrogen-bond acceptors (Lipinski definition) is 3. The first-order chi connectivity index (χ1) is 9.87. The minimum absolute atomic E-state index is 0.770. The zero-order chi connectivity index (χ0) is 13.4. The molecule has 3 aliphatic carbocycles. The van der Waals surface area contributed by atoms with E-state index in [2.05, 4.69) is 16.3 Å². The van der Waals surface area contributed by atoms with Gasteiger partial charge in [0, 0.05) is 31.2 Å². The fraction of sp³-hybridized carbons (Fsp3) is 0.765. The fourth-order valence-corrected chi connectivity index (χ4v) is 2.94. The Morgan fingerprint density at radius 3 is 2.35 bits per heavy atom. The lowest BCUT2D eigenvalue weighted by molar-refractivity contribution is 0.224. The summed E-state index contributed by atoms with van der Waals surface area (Å²) in [7, 11) is 0. The maximum absolute atomic E-state index is 5.77. The third kappa shape index (κ3) is 3.64. The van der Waals surface area contributed by atoms with Crippen LogP contribution >= 0.6 is 0 Å². The maximum atomic E-state index is 5.77. The minimum Gasteiger partial charge on any atom is -0.468 e. The van der Waals surface area contributed by atoms with Gasteiger partial charge in [-0.05, 0) is 56.4 Å². The molecule has 0 amide bonds. The van der Waals surface area contributed by atoms with Crippen LogP contribution in [0.5, 0.6) is 0 Å². The largest absolute Gasteiger partial charge is 0.468 e. The molecule has 0 unspecified atom stereocenters. The predicted octanol–water partition coefficient (Wildman–Crippen LogP) is 3.15. The van der Waals surface area contributed by atoms with Crippen LogP contribution in [-0.2, 0) is 13.1 Å². The first-order valence-electron chi connectivity index (χ1n) is 8.38. The van der Waals surface area contributed by atoms with Gasteiger partial charge in [0.2, 0.25) is 0 Å². The Morgan fingerprint density at radius 1 is 1.05 bits per heavy atom. The topological polar surface area (TPSA) is 28.4 Å². The van der Waals surface area contributed by atoms with Crippen molar-refractivity contribution in [3.63, 3.8) is 0 Å². The van der Waals surface area contributed by atoms with Crippen LogP contribution in [0.25, 0.3) is 0 Å². The van der Waals surface area contributed by atoms with Crippen LogP contribution in [0.2, 0.25) is 0 Å². The standard InChI is InChI=1S/C17H26N2O/c1-2-13(1)10-19(11-14-3-4-14)12-17-15(7-8-20-17)9-18-16-5-6-16/h7-8,13-14,16,18H,1-6,9-12H2. The summed E-state index contributed by atoms with van der Waals surface area (Å²) in [5, 5.41) is 3.60. The van der Waals surface area contributed by atoms with Gasteiger partial charge in [-0.1, -0.05) is 0 Å². The lowest BCUT2D eigenvalue weighted by atomic mass is 10.2. The highest BCUT2D eigenvalue weighted by molar-refractivity contribution is 5.17. The summed E-state index contributed by atoms with van der Waals surface area (Å²) in [5.41, 5.74) is 1.37.